The number of primary amides is 1. The quantitative estimate of drug-likeness (QED) is 0.914. The Morgan fingerprint density at radius 2 is 2.00 bits per heavy atom. The van der Waals surface area contributed by atoms with Crippen LogP contribution in [0.15, 0.2) is 12.1 Å². The van der Waals surface area contributed by atoms with Crippen LogP contribution in [-0.4, -0.2) is 43.7 Å². The maximum Gasteiger partial charge on any atom is 0.573 e. The van der Waals surface area contributed by atoms with Gasteiger partial charge in [-0.15, -0.1) is 13.2 Å². The summed E-state index contributed by atoms with van der Waals surface area (Å²) in [5.41, 5.74) is 5.81. The van der Waals surface area contributed by atoms with Crippen LogP contribution in [0, 0.1) is 6.92 Å². The van der Waals surface area contributed by atoms with E-state index >= 15 is 0 Å². The second-order valence-corrected chi connectivity index (χ2v) is 5.06. The molecule has 1 saturated heterocycles. The van der Waals surface area contributed by atoms with Crippen molar-refractivity contribution in [2.75, 3.05) is 26.3 Å². The van der Waals surface area contributed by atoms with Gasteiger partial charge in [0.15, 0.2) is 0 Å². The molecule has 2 N–H and O–H groups in total. The number of carbonyl (C=O) groups is 1. The first-order valence-electron chi connectivity index (χ1n) is 6.91. The van der Waals surface area contributed by atoms with Crippen LogP contribution < -0.4 is 15.2 Å². The average Bonchev–Trinajstić information content (AvgIpc) is 2.43. The van der Waals surface area contributed by atoms with Gasteiger partial charge in [-0.3, -0.25) is 4.90 Å². The number of hydrogen-bond acceptors (Lipinski definition) is 5. The van der Waals surface area contributed by atoms with Gasteiger partial charge < -0.3 is 19.9 Å². The number of morpholine rings is 1. The molecule has 1 aromatic rings. The summed E-state index contributed by atoms with van der Waals surface area (Å²) in [5.74, 6) is -0.509. The maximum absolute atomic E-state index is 12.5. The van der Waals surface area contributed by atoms with Crippen molar-refractivity contribution < 1.29 is 32.2 Å². The Morgan fingerprint density at radius 3 is 2.57 bits per heavy atom. The molecule has 2 rings (SSSR count). The summed E-state index contributed by atoms with van der Waals surface area (Å²) in [6.45, 7) is 4.35. The highest BCUT2D eigenvalue weighted by Crippen LogP contribution is 2.33. The molecule has 0 bridgehead atoms. The fourth-order valence-electron chi connectivity index (χ4n) is 2.29. The van der Waals surface area contributed by atoms with E-state index in [1.807, 2.05) is 4.90 Å². The third-order valence-electron chi connectivity index (χ3n) is 3.38. The van der Waals surface area contributed by atoms with E-state index in [0.29, 0.717) is 44.0 Å². The molecule has 1 fully saturated rings. The summed E-state index contributed by atoms with van der Waals surface area (Å²) >= 11 is 0. The summed E-state index contributed by atoms with van der Waals surface area (Å²) in [4.78, 5) is 12.9. The van der Waals surface area contributed by atoms with Gasteiger partial charge in [-0.05, 0) is 24.1 Å². The lowest BCUT2D eigenvalue weighted by molar-refractivity contribution is -0.274. The fraction of sp³-hybridized carbons (Fsp3) is 0.500. The summed E-state index contributed by atoms with van der Waals surface area (Å²) in [7, 11) is 0. The molecule has 0 unspecified atom stereocenters. The predicted octanol–water partition coefficient (Wildman–Crippen LogP) is 2.18. The summed E-state index contributed by atoms with van der Waals surface area (Å²) in [5, 5.41) is 0. The highest BCUT2D eigenvalue weighted by atomic mass is 19.4. The monoisotopic (exact) mass is 334 g/mol. The van der Waals surface area contributed by atoms with Crippen molar-refractivity contribution in [2.24, 2.45) is 5.73 Å². The summed E-state index contributed by atoms with van der Waals surface area (Å²) in [6, 6.07) is 2.48. The Hall–Kier alpha value is -2.00. The van der Waals surface area contributed by atoms with Crippen molar-refractivity contribution in [3.8, 4) is 11.5 Å². The van der Waals surface area contributed by atoms with Crippen molar-refractivity contribution >= 4 is 6.09 Å². The molecule has 1 aliphatic heterocycles. The van der Waals surface area contributed by atoms with Crippen molar-refractivity contribution in [1.29, 1.82) is 0 Å². The lowest BCUT2D eigenvalue weighted by atomic mass is 10.1. The first kappa shape index (κ1) is 17.4. The minimum absolute atomic E-state index is 0.0920. The number of amides is 1. The molecule has 0 aliphatic carbocycles. The molecule has 6 nitrogen and oxygen atoms in total. The third kappa shape index (κ3) is 5.29. The number of benzene rings is 1. The van der Waals surface area contributed by atoms with E-state index in [1.165, 1.54) is 13.0 Å². The molecule has 0 radical (unpaired) electrons. The Morgan fingerprint density at radius 1 is 1.35 bits per heavy atom. The first-order valence-corrected chi connectivity index (χ1v) is 6.91. The lowest BCUT2D eigenvalue weighted by Gasteiger charge is -2.27. The van der Waals surface area contributed by atoms with Crippen molar-refractivity contribution in [3.05, 3.63) is 23.3 Å². The van der Waals surface area contributed by atoms with Crippen molar-refractivity contribution in [3.63, 3.8) is 0 Å². The number of halogens is 3. The second-order valence-electron chi connectivity index (χ2n) is 5.06. The SMILES string of the molecule is Cc1c(CN2CCOCC2)cc(OC(N)=O)cc1OC(F)(F)F. The molecule has 1 aromatic carbocycles. The summed E-state index contributed by atoms with van der Waals surface area (Å²) in [6.07, 6.45) is -5.95. The van der Waals surface area contributed by atoms with Crippen molar-refractivity contribution in [2.45, 2.75) is 19.8 Å². The zero-order valence-electron chi connectivity index (χ0n) is 12.5. The van der Waals surface area contributed by atoms with Crippen LogP contribution >= 0.6 is 0 Å². The van der Waals surface area contributed by atoms with Gasteiger partial charge in [-0.25, -0.2) is 4.79 Å². The molecular formula is C14H17F3N2O4. The minimum Gasteiger partial charge on any atom is -0.410 e. The van der Waals surface area contributed by atoms with E-state index < -0.39 is 18.2 Å². The Kier molecular flexibility index (Phi) is 5.32. The van der Waals surface area contributed by atoms with Crippen LogP contribution in [0.2, 0.25) is 0 Å². The molecule has 0 aromatic heterocycles. The van der Waals surface area contributed by atoms with E-state index in [1.54, 1.807) is 0 Å². The molecule has 23 heavy (non-hydrogen) atoms. The zero-order valence-corrected chi connectivity index (χ0v) is 12.5. The molecule has 0 spiro atoms. The van der Waals surface area contributed by atoms with E-state index in [9.17, 15) is 18.0 Å². The van der Waals surface area contributed by atoms with Crippen molar-refractivity contribution in [1.82, 2.24) is 4.90 Å². The fourth-order valence-corrected chi connectivity index (χ4v) is 2.29. The zero-order chi connectivity index (χ0) is 17.0. The molecule has 1 aliphatic rings. The molecule has 0 atom stereocenters. The van der Waals surface area contributed by atoms with Crippen LogP contribution in [0.3, 0.4) is 0 Å². The average molecular weight is 334 g/mol. The largest absolute Gasteiger partial charge is 0.573 e. The number of hydrogen-bond donors (Lipinski definition) is 1. The lowest BCUT2D eigenvalue weighted by Crippen LogP contribution is -2.35. The first-order chi connectivity index (χ1) is 10.7. The van der Waals surface area contributed by atoms with E-state index in [0.717, 1.165) is 6.07 Å². The van der Waals surface area contributed by atoms with Crippen LogP contribution in [0.5, 0.6) is 11.5 Å². The van der Waals surface area contributed by atoms with Gasteiger partial charge in [0.2, 0.25) is 0 Å². The number of nitrogens with zero attached hydrogens (tertiary/aromatic N) is 1. The van der Waals surface area contributed by atoms with Crippen LogP contribution in [0.25, 0.3) is 0 Å². The van der Waals surface area contributed by atoms with Crippen LogP contribution in [-0.2, 0) is 11.3 Å². The predicted molar refractivity (Wildman–Crippen MR) is 74.2 cm³/mol. The molecular weight excluding hydrogens is 317 g/mol. The van der Waals surface area contributed by atoms with Gasteiger partial charge in [0, 0.05) is 25.7 Å². The van der Waals surface area contributed by atoms with Gasteiger partial charge in [0.1, 0.15) is 11.5 Å². The van der Waals surface area contributed by atoms with Gasteiger partial charge >= 0.3 is 12.5 Å². The topological polar surface area (TPSA) is 74.0 Å². The van der Waals surface area contributed by atoms with E-state index in [-0.39, 0.29) is 5.75 Å². The van der Waals surface area contributed by atoms with Crippen LogP contribution in [0.1, 0.15) is 11.1 Å². The molecule has 0 saturated carbocycles. The Labute approximate surface area is 130 Å². The van der Waals surface area contributed by atoms with E-state index in [2.05, 4.69) is 4.74 Å². The highest BCUT2D eigenvalue weighted by molar-refractivity contribution is 5.68. The number of rotatable bonds is 4. The summed E-state index contributed by atoms with van der Waals surface area (Å²) < 4.78 is 51.5. The Bertz CT molecular complexity index is 572. The molecule has 128 valence electrons. The number of carbonyl (C=O) groups excluding carboxylic acids is 1. The molecule has 9 heteroatoms. The Balaban J connectivity index is 2.29. The van der Waals surface area contributed by atoms with Crippen LogP contribution in [0.4, 0.5) is 18.0 Å². The smallest absolute Gasteiger partial charge is 0.410 e. The number of alkyl halides is 3. The third-order valence-corrected chi connectivity index (χ3v) is 3.38. The molecule has 1 amide bonds. The van der Waals surface area contributed by atoms with E-state index in [4.69, 9.17) is 15.2 Å². The standard InChI is InChI=1S/C14H17F3N2O4/c1-9-10(8-19-2-4-21-5-3-19)6-11(22-13(18)20)7-12(9)23-14(15,16)17/h6-7H,2-5,8H2,1H3,(H2,18,20). The van der Waals surface area contributed by atoms with Gasteiger partial charge in [-0.1, -0.05) is 0 Å². The van der Waals surface area contributed by atoms with Gasteiger partial charge in [0.05, 0.1) is 13.2 Å². The normalized spacial score (nSPS) is 16.2. The minimum atomic E-state index is -4.84. The second kappa shape index (κ2) is 7.05. The maximum atomic E-state index is 12.5. The molecule has 1 heterocycles. The highest BCUT2D eigenvalue weighted by Gasteiger charge is 2.32. The van der Waals surface area contributed by atoms with Gasteiger partial charge in [0.25, 0.3) is 0 Å². The number of ether oxygens (including phenoxy) is 3. The number of nitrogens with two attached hydrogens (primary N) is 1. The van der Waals surface area contributed by atoms with Gasteiger partial charge in [-0.2, -0.15) is 0 Å².